The van der Waals surface area contributed by atoms with E-state index in [4.69, 9.17) is 0 Å². The number of anilines is 2. The van der Waals surface area contributed by atoms with Crippen LogP contribution in [0, 0.1) is 0 Å². The van der Waals surface area contributed by atoms with Crippen molar-refractivity contribution >= 4 is 17.4 Å². The maximum Gasteiger partial charge on any atom is 0.276 e. The van der Waals surface area contributed by atoms with Gasteiger partial charge in [0.1, 0.15) is 5.82 Å². The van der Waals surface area contributed by atoms with Crippen LogP contribution in [0.2, 0.25) is 0 Å². The SMILES string of the molecule is O=C(Nc1ccc(N2CCCC2)nc1)c1ccn(C2CCCNC2)n1. The van der Waals surface area contributed by atoms with E-state index < -0.39 is 0 Å². The zero-order chi connectivity index (χ0) is 17.1. The van der Waals surface area contributed by atoms with E-state index in [1.807, 2.05) is 23.0 Å². The monoisotopic (exact) mass is 340 g/mol. The molecule has 7 heteroatoms. The summed E-state index contributed by atoms with van der Waals surface area (Å²) >= 11 is 0. The zero-order valence-electron chi connectivity index (χ0n) is 14.3. The van der Waals surface area contributed by atoms with Crippen molar-refractivity contribution in [3.8, 4) is 0 Å². The van der Waals surface area contributed by atoms with Crippen LogP contribution in [0.15, 0.2) is 30.6 Å². The molecule has 0 aliphatic carbocycles. The van der Waals surface area contributed by atoms with E-state index in [1.54, 1.807) is 12.3 Å². The van der Waals surface area contributed by atoms with Gasteiger partial charge in [-0.1, -0.05) is 0 Å². The Bertz CT molecular complexity index is 713. The van der Waals surface area contributed by atoms with Gasteiger partial charge >= 0.3 is 0 Å². The van der Waals surface area contributed by atoms with Gasteiger partial charge in [0, 0.05) is 25.8 Å². The molecule has 1 unspecified atom stereocenters. The fourth-order valence-corrected chi connectivity index (χ4v) is 3.51. The van der Waals surface area contributed by atoms with Crippen LogP contribution in [0.1, 0.15) is 42.2 Å². The van der Waals surface area contributed by atoms with Gasteiger partial charge in [-0.05, 0) is 50.4 Å². The summed E-state index contributed by atoms with van der Waals surface area (Å²) in [4.78, 5) is 19.1. The summed E-state index contributed by atoms with van der Waals surface area (Å²) in [5.41, 5.74) is 1.14. The molecule has 0 radical (unpaired) electrons. The molecule has 4 heterocycles. The number of nitrogens with one attached hydrogen (secondary N) is 2. The number of hydrogen-bond donors (Lipinski definition) is 2. The highest BCUT2D eigenvalue weighted by atomic mass is 16.1. The fraction of sp³-hybridized carbons (Fsp3) is 0.500. The molecule has 1 amide bonds. The minimum atomic E-state index is -0.196. The molecule has 0 saturated carbocycles. The summed E-state index contributed by atoms with van der Waals surface area (Å²) in [6.45, 7) is 4.09. The third kappa shape index (κ3) is 3.66. The molecule has 2 saturated heterocycles. The predicted octanol–water partition coefficient (Wildman–Crippen LogP) is 2.06. The Morgan fingerprint density at radius 3 is 2.80 bits per heavy atom. The standard InChI is InChI=1S/C18H24N6O/c25-18(16-7-11-24(22-16)15-4-3-8-19-13-15)21-14-5-6-17(20-12-14)23-9-1-2-10-23/h5-7,11-12,15,19H,1-4,8-10,13H2,(H,21,25). The second-order valence-corrected chi connectivity index (χ2v) is 6.73. The second kappa shape index (κ2) is 7.23. The van der Waals surface area contributed by atoms with Gasteiger partial charge in [0.2, 0.25) is 0 Å². The summed E-state index contributed by atoms with van der Waals surface area (Å²) < 4.78 is 1.90. The Hall–Kier alpha value is -2.41. The topological polar surface area (TPSA) is 75.1 Å². The van der Waals surface area contributed by atoms with Crippen LogP contribution in [0.3, 0.4) is 0 Å². The minimum Gasteiger partial charge on any atom is -0.357 e. The highest BCUT2D eigenvalue weighted by Crippen LogP contribution is 2.20. The largest absolute Gasteiger partial charge is 0.357 e. The van der Waals surface area contributed by atoms with Gasteiger partial charge in [0.25, 0.3) is 5.91 Å². The van der Waals surface area contributed by atoms with Gasteiger partial charge in [-0.2, -0.15) is 5.10 Å². The Morgan fingerprint density at radius 1 is 1.20 bits per heavy atom. The minimum absolute atomic E-state index is 0.196. The van der Waals surface area contributed by atoms with Crippen LogP contribution in [0.4, 0.5) is 11.5 Å². The van der Waals surface area contributed by atoms with Gasteiger partial charge in [-0.15, -0.1) is 0 Å². The van der Waals surface area contributed by atoms with Crippen LogP contribution in [-0.4, -0.2) is 46.9 Å². The molecule has 0 spiro atoms. The lowest BCUT2D eigenvalue weighted by Crippen LogP contribution is -2.32. The van der Waals surface area contributed by atoms with E-state index >= 15 is 0 Å². The first-order chi connectivity index (χ1) is 12.3. The van der Waals surface area contributed by atoms with Crippen LogP contribution in [-0.2, 0) is 0 Å². The quantitative estimate of drug-likeness (QED) is 0.891. The Labute approximate surface area is 147 Å². The molecule has 1 atom stereocenters. The zero-order valence-corrected chi connectivity index (χ0v) is 14.3. The highest BCUT2D eigenvalue weighted by Gasteiger charge is 2.18. The van der Waals surface area contributed by atoms with Crippen LogP contribution < -0.4 is 15.5 Å². The highest BCUT2D eigenvalue weighted by molar-refractivity contribution is 6.02. The number of carbonyl (C=O) groups excluding carboxylic acids is 1. The van der Waals surface area contributed by atoms with E-state index in [0.717, 1.165) is 44.8 Å². The molecule has 2 N–H and O–H groups in total. The van der Waals surface area contributed by atoms with Crippen LogP contribution >= 0.6 is 0 Å². The number of carbonyl (C=O) groups is 1. The lowest BCUT2D eigenvalue weighted by atomic mass is 10.1. The summed E-state index contributed by atoms with van der Waals surface area (Å²) in [5, 5.41) is 10.7. The predicted molar refractivity (Wildman–Crippen MR) is 97.0 cm³/mol. The van der Waals surface area contributed by atoms with Crippen LogP contribution in [0.25, 0.3) is 0 Å². The molecular weight excluding hydrogens is 316 g/mol. The Kier molecular flexibility index (Phi) is 4.65. The number of rotatable bonds is 4. The smallest absolute Gasteiger partial charge is 0.276 e. The molecule has 2 aliphatic heterocycles. The van der Waals surface area contributed by atoms with Crippen molar-refractivity contribution in [3.05, 3.63) is 36.3 Å². The van der Waals surface area contributed by atoms with Crippen molar-refractivity contribution in [1.29, 1.82) is 0 Å². The molecule has 7 nitrogen and oxygen atoms in total. The first-order valence-corrected chi connectivity index (χ1v) is 9.08. The second-order valence-electron chi connectivity index (χ2n) is 6.73. The van der Waals surface area contributed by atoms with E-state index in [-0.39, 0.29) is 5.91 Å². The average molecular weight is 340 g/mol. The Morgan fingerprint density at radius 2 is 2.08 bits per heavy atom. The van der Waals surface area contributed by atoms with Gasteiger partial charge in [-0.3, -0.25) is 9.48 Å². The van der Waals surface area contributed by atoms with Crippen molar-refractivity contribution < 1.29 is 4.79 Å². The molecular formula is C18H24N6O. The summed E-state index contributed by atoms with van der Waals surface area (Å²) in [6, 6.07) is 5.97. The van der Waals surface area contributed by atoms with E-state index in [1.165, 1.54) is 12.8 Å². The first-order valence-electron chi connectivity index (χ1n) is 9.08. The average Bonchev–Trinajstić information content (AvgIpc) is 3.35. The molecule has 0 aromatic carbocycles. The van der Waals surface area contributed by atoms with Gasteiger partial charge in [0.05, 0.1) is 17.9 Å². The van der Waals surface area contributed by atoms with E-state index in [2.05, 4.69) is 25.6 Å². The molecule has 2 aromatic heterocycles. The van der Waals surface area contributed by atoms with Crippen molar-refractivity contribution in [3.63, 3.8) is 0 Å². The first kappa shape index (κ1) is 16.1. The third-order valence-electron chi connectivity index (χ3n) is 4.92. The van der Waals surface area contributed by atoms with Gasteiger partial charge in [-0.25, -0.2) is 4.98 Å². The number of amides is 1. The molecule has 4 rings (SSSR count). The van der Waals surface area contributed by atoms with Crippen molar-refractivity contribution in [2.75, 3.05) is 36.4 Å². The van der Waals surface area contributed by atoms with Crippen LogP contribution in [0.5, 0.6) is 0 Å². The lowest BCUT2D eigenvalue weighted by molar-refractivity contribution is 0.102. The summed E-state index contributed by atoms with van der Waals surface area (Å²) in [6.07, 6.45) is 8.28. The van der Waals surface area contributed by atoms with Gasteiger partial charge in [0.15, 0.2) is 5.69 Å². The lowest BCUT2D eigenvalue weighted by Gasteiger charge is -2.22. The molecule has 25 heavy (non-hydrogen) atoms. The Balaban J connectivity index is 1.39. The maximum absolute atomic E-state index is 12.4. The van der Waals surface area contributed by atoms with E-state index in [9.17, 15) is 4.79 Å². The van der Waals surface area contributed by atoms with Crippen molar-refractivity contribution in [1.82, 2.24) is 20.1 Å². The fourth-order valence-electron chi connectivity index (χ4n) is 3.51. The van der Waals surface area contributed by atoms with E-state index in [0.29, 0.717) is 17.4 Å². The molecule has 132 valence electrons. The summed E-state index contributed by atoms with van der Waals surface area (Å²) in [5.74, 6) is 0.780. The molecule has 2 aliphatic rings. The van der Waals surface area contributed by atoms with Gasteiger partial charge < -0.3 is 15.5 Å². The van der Waals surface area contributed by atoms with Crippen molar-refractivity contribution in [2.24, 2.45) is 0 Å². The number of piperidine rings is 1. The number of pyridine rings is 1. The summed E-state index contributed by atoms with van der Waals surface area (Å²) in [7, 11) is 0. The third-order valence-corrected chi connectivity index (χ3v) is 4.92. The molecule has 2 aromatic rings. The van der Waals surface area contributed by atoms with Crippen molar-refractivity contribution in [2.45, 2.75) is 31.7 Å². The number of aromatic nitrogens is 3. The molecule has 0 bridgehead atoms. The molecule has 2 fully saturated rings. The normalized spacial score (nSPS) is 20.6. The maximum atomic E-state index is 12.4. The number of hydrogen-bond acceptors (Lipinski definition) is 5. The number of nitrogens with zero attached hydrogens (tertiary/aromatic N) is 4.